The van der Waals surface area contributed by atoms with Crippen LogP contribution in [0.2, 0.25) is 0 Å². The van der Waals surface area contributed by atoms with Gasteiger partial charge in [-0.3, -0.25) is 9.59 Å². The van der Waals surface area contributed by atoms with Crippen LogP contribution in [0.25, 0.3) is 0 Å². The Morgan fingerprint density at radius 3 is 2.10 bits per heavy atom. The molecule has 1 fully saturated rings. The molecule has 2 aromatic carbocycles. The van der Waals surface area contributed by atoms with Crippen LogP contribution in [0.4, 0.5) is 10.5 Å². The average Bonchev–Trinajstić information content (AvgIpc) is 2.79. The molecule has 0 atom stereocenters. The highest BCUT2D eigenvalue weighted by atomic mass is 16.2. The fourth-order valence-corrected chi connectivity index (χ4v) is 3.35. The molecule has 0 radical (unpaired) electrons. The van der Waals surface area contributed by atoms with Gasteiger partial charge >= 0.3 is 6.03 Å². The first-order valence-electron chi connectivity index (χ1n) is 9.98. The molecule has 1 aliphatic rings. The normalized spacial score (nSPS) is 13.4. The van der Waals surface area contributed by atoms with Crippen LogP contribution in [0.15, 0.2) is 42.5 Å². The fourth-order valence-electron chi connectivity index (χ4n) is 3.35. The molecule has 0 aliphatic carbocycles. The number of urea groups is 1. The summed E-state index contributed by atoms with van der Waals surface area (Å²) >= 11 is 0. The van der Waals surface area contributed by atoms with Crippen LogP contribution in [0.1, 0.15) is 31.8 Å². The Labute approximate surface area is 181 Å². The molecular formula is C23H25N5O3. The number of benzene rings is 2. The summed E-state index contributed by atoms with van der Waals surface area (Å²) < 4.78 is 0. The number of piperazine rings is 1. The van der Waals surface area contributed by atoms with Gasteiger partial charge in [0.1, 0.15) is 0 Å². The van der Waals surface area contributed by atoms with E-state index in [1.54, 1.807) is 66.4 Å². The van der Waals surface area contributed by atoms with Crippen LogP contribution in [-0.2, 0) is 0 Å². The maximum absolute atomic E-state index is 13.0. The average molecular weight is 419 g/mol. The van der Waals surface area contributed by atoms with Crippen LogP contribution >= 0.6 is 0 Å². The summed E-state index contributed by atoms with van der Waals surface area (Å²) in [7, 11) is 3.42. The van der Waals surface area contributed by atoms with E-state index in [1.165, 1.54) is 4.90 Å². The number of rotatable bonds is 3. The van der Waals surface area contributed by atoms with Crippen molar-refractivity contribution >= 4 is 23.5 Å². The molecule has 8 heteroatoms. The monoisotopic (exact) mass is 419 g/mol. The smallest absolute Gasteiger partial charge is 0.319 e. The van der Waals surface area contributed by atoms with Crippen molar-refractivity contribution in [2.24, 2.45) is 0 Å². The maximum Gasteiger partial charge on any atom is 0.319 e. The van der Waals surface area contributed by atoms with E-state index >= 15 is 0 Å². The molecule has 4 amide bonds. The van der Waals surface area contributed by atoms with Gasteiger partial charge in [-0.2, -0.15) is 5.26 Å². The van der Waals surface area contributed by atoms with E-state index in [9.17, 15) is 14.4 Å². The van der Waals surface area contributed by atoms with Gasteiger partial charge in [-0.15, -0.1) is 0 Å². The molecule has 1 aliphatic heterocycles. The minimum atomic E-state index is -0.312. The number of carbonyl (C=O) groups is 3. The van der Waals surface area contributed by atoms with Crippen LogP contribution in [0.3, 0.4) is 0 Å². The van der Waals surface area contributed by atoms with Crippen molar-refractivity contribution in [2.75, 3.05) is 45.6 Å². The van der Waals surface area contributed by atoms with E-state index < -0.39 is 0 Å². The zero-order chi connectivity index (χ0) is 22.5. The summed E-state index contributed by atoms with van der Waals surface area (Å²) in [6.45, 7) is 3.74. The van der Waals surface area contributed by atoms with E-state index in [4.69, 9.17) is 5.26 Å². The molecule has 3 rings (SSSR count). The van der Waals surface area contributed by atoms with E-state index in [1.807, 2.05) is 13.0 Å². The largest absolute Gasteiger partial charge is 0.335 e. The molecule has 2 aromatic rings. The third-order valence-electron chi connectivity index (χ3n) is 5.23. The minimum Gasteiger partial charge on any atom is -0.335 e. The SMILES string of the molecule is Cc1ccc(C(=O)N2CCN(C(=O)N(C)C)CC2)cc1NC(=O)c1ccc(C#N)cc1. The summed E-state index contributed by atoms with van der Waals surface area (Å²) in [6.07, 6.45) is 0. The number of nitrogens with zero attached hydrogens (tertiary/aromatic N) is 4. The van der Waals surface area contributed by atoms with Crippen LogP contribution in [0, 0.1) is 18.3 Å². The Hall–Kier alpha value is -3.86. The van der Waals surface area contributed by atoms with Crippen LogP contribution in [-0.4, -0.2) is 72.8 Å². The molecule has 31 heavy (non-hydrogen) atoms. The summed E-state index contributed by atoms with van der Waals surface area (Å²) in [5.41, 5.74) is 2.78. The number of aryl methyl sites for hydroxylation is 1. The topological polar surface area (TPSA) is 96.8 Å². The Kier molecular flexibility index (Phi) is 6.55. The van der Waals surface area contributed by atoms with Crippen molar-refractivity contribution in [3.63, 3.8) is 0 Å². The molecule has 1 saturated heterocycles. The van der Waals surface area contributed by atoms with Crippen molar-refractivity contribution in [2.45, 2.75) is 6.92 Å². The fraction of sp³-hybridized carbons (Fsp3) is 0.304. The predicted molar refractivity (Wildman–Crippen MR) is 117 cm³/mol. The molecule has 0 bridgehead atoms. The van der Waals surface area contributed by atoms with Gasteiger partial charge in [0.05, 0.1) is 11.6 Å². The number of nitrogens with one attached hydrogen (secondary N) is 1. The predicted octanol–water partition coefficient (Wildman–Crippen LogP) is 2.56. The Morgan fingerprint density at radius 1 is 0.935 bits per heavy atom. The first kappa shape index (κ1) is 21.8. The van der Waals surface area contributed by atoms with E-state index in [2.05, 4.69) is 5.32 Å². The first-order chi connectivity index (χ1) is 14.8. The molecule has 0 spiro atoms. The Morgan fingerprint density at radius 2 is 1.52 bits per heavy atom. The number of nitriles is 1. The summed E-state index contributed by atoms with van der Waals surface area (Å²) in [4.78, 5) is 42.6. The van der Waals surface area contributed by atoms with Crippen molar-refractivity contribution in [1.29, 1.82) is 5.26 Å². The second-order valence-electron chi connectivity index (χ2n) is 7.63. The van der Waals surface area contributed by atoms with Crippen LogP contribution < -0.4 is 5.32 Å². The first-order valence-corrected chi connectivity index (χ1v) is 9.98. The highest BCUT2D eigenvalue weighted by Gasteiger charge is 2.26. The minimum absolute atomic E-state index is 0.0600. The molecule has 1 N–H and O–H groups in total. The van der Waals surface area contributed by atoms with Crippen LogP contribution in [0.5, 0.6) is 0 Å². The Balaban J connectivity index is 1.69. The van der Waals surface area contributed by atoms with Crippen molar-refractivity contribution in [1.82, 2.24) is 14.7 Å². The molecule has 8 nitrogen and oxygen atoms in total. The van der Waals surface area contributed by atoms with Gasteiger partial charge < -0.3 is 20.0 Å². The summed E-state index contributed by atoms with van der Waals surface area (Å²) in [5.74, 6) is -0.446. The van der Waals surface area contributed by atoms with Gasteiger partial charge in [-0.25, -0.2) is 4.79 Å². The highest BCUT2D eigenvalue weighted by molar-refractivity contribution is 6.05. The zero-order valence-corrected chi connectivity index (χ0v) is 17.9. The number of carbonyl (C=O) groups excluding carboxylic acids is 3. The summed E-state index contributed by atoms with van der Waals surface area (Å²) in [6, 6.07) is 13.5. The number of anilines is 1. The maximum atomic E-state index is 13.0. The molecule has 0 unspecified atom stereocenters. The lowest BCUT2D eigenvalue weighted by Gasteiger charge is -2.36. The van der Waals surface area contributed by atoms with Gasteiger partial charge in [-0.1, -0.05) is 6.07 Å². The highest BCUT2D eigenvalue weighted by Crippen LogP contribution is 2.20. The van der Waals surface area contributed by atoms with Crippen molar-refractivity contribution in [3.05, 3.63) is 64.7 Å². The lowest BCUT2D eigenvalue weighted by Crippen LogP contribution is -2.52. The molecule has 0 aromatic heterocycles. The molecule has 0 saturated carbocycles. The van der Waals surface area contributed by atoms with Gasteiger partial charge in [0.25, 0.3) is 11.8 Å². The molecular weight excluding hydrogens is 394 g/mol. The van der Waals surface area contributed by atoms with Gasteiger partial charge in [0, 0.05) is 57.1 Å². The van der Waals surface area contributed by atoms with Crippen molar-refractivity contribution < 1.29 is 14.4 Å². The second-order valence-corrected chi connectivity index (χ2v) is 7.63. The lowest BCUT2D eigenvalue weighted by molar-refractivity contribution is 0.0650. The standard InChI is InChI=1S/C23H25N5O3/c1-16-4-7-19(22(30)27-10-12-28(13-11-27)23(31)26(2)3)14-20(16)25-21(29)18-8-5-17(15-24)6-9-18/h4-9,14H,10-13H2,1-3H3,(H,25,29). The van der Waals surface area contributed by atoms with Crippen molar-refractivity contribution in [3.8, 4) is 6.07 Å². The van der Waals surface area contributed by atoms with Gasteiger partial charge in [0.15, 0.2) is 0 Å². The van der Waals surface area contributed by atoms with E-state index in [0.29, 0.717) is 48.6 Å². The third-order valence-corrected chi connectivity index (χ3v) is 5.23. The Bertz CT molecular complexity index is 1030. The lowest BCUT2D eigenvalue weighted by atomic mass is 10.1. The quantitative estimate of drug-likeness (QED) is 0.827. The number of hydrogen-bond donors (Lipinski definition) is 1. The zero-order valence-electron chi connectivity index (χ0n) is 17.9. The number of hydrogen-bond acceptors (Lipinski definition) is 4. The summed E-state index contributed by atoms with van der Waals surface area (Å²) in [5, 5.41) is 11.7. The molecule has 160 valence electrons. The number of amides is 4. The van der Waals surface area contributed by atoms with E-state index in [0.717, 1.165) is 5.56 Å². The van der Waals surface area contributed by atoms with Gasteiger partial charge in [0.2, 0.25) is 0 Å². The second kappa shape index (κ2) is 9.30. The van der Waals surface area contributed by atoms with Gasteiger partial charge in [-0.05, 0) is 48.9 Å². The molecule has 1 heterocycles. The third kappa shape index (κ3) is 5.01. The van der Waals surface area contributed by atoms with E-state index in [-0.39, 0.29) is 17.8 Å².